The lowest BCUT2D eigenvalue weighted by Crippen LogP contribution is -2.43. The van der Waals surface area contributed by atoms with Crippen molar-refractivity contribution in [3.05, 3.63) is 23.8 Å². The lowest BCUT2D eigenvalue weighted by Gasteiger charge is -2.42. The van der Waals surface area contributed by atoms with Gasteiger partial charge in [0.05, 0.1) is 6.61 Å². The van der Waals surface area contributed by atoms with Crippen LogP contribution in [0.5, 0.6) is 11.5 Å². The van der Waals surface area contributed by atoms with E-state index in [9.17, 15) is 0 Å². The molecule has 1 atom stereocenters. The molecule has 1 unspecified atom stereocenters. The predicted molar refractivity (Wildman–Crippen MR) is 91.8 cm³/mol. The van der Waals surface area contributed by atoms with Crippen LogP contribution in [0.1, 0.15) is 65.5 Å². The van der Waals surface area contributed by atoms with E-state index < -0.39 is 0 Å². The molecule has 1 aliphatic heterocycles. The fourth-order valence-electron chi connectivity index (χ4n) is 3.11. The molecule has 0 radical (unpaired) electrons. The standard InChI is InChI=1S/C19H31NO2/c1-6-19(7-2)12-17(20-8-3)16-11-15(21-13-14(4)5)9-10-18(16)22-19/h9-11,14,17,20H,6-8,12-13H2,1-5H3. The summed E-state index contributed by atoms with van der Waals surface area (Å²) in [5, 5.41) is 3.62. The molecule has 0 fully saturated rings. The second-order valence-corrected chi connectivity index (χ2v) is 6.71. The average molecular weight is 305 g/mol. The van der Waals surface area contributed by atoms with Crippen molar-refractivity contribution in [2.75, 3.05) is 13.2 Å². The Balaban J connectivity index is 2.28. The molecule has 0 spiro atoms. The van der Waals surface area contributed by atoms with Gasteiger partial charge in [0.2, 0.25) is 0 Å². The van der Waals surface area contributed by atoms with Crippen molar-refractivity contribution in [3.63, 3.8) is 0 Å². The second-order valence-electron chi connectivity index (χ2n) is 6.71. The second kappa shape index (κ2) is 7.36. The fourth-order valence-corrected chi connectivity index (χ4v) is 3.11. The zero-order valence-corrected chi connectivity index (χ0v) is 14.7. The Morgan fingerprint density at radius 2 is 2.00 bits per heavy atom. The van der Waals surface area contributed by atoms with Crippen LogP contribution in [-0.2, 0) is 0 Å². The van der Waals surface area contributed by atoms with Gasteiger partial charge in [0.25, 0.3) is 0 Å². The Morgan fingerprint density at radius 3 is 2.59 bits per heavy atom. The first kappa shape index (κ1) is 17.1. The molecule has 0 amide bonds. The average Bonchev–Trinajstić information content (AvgIpc) is 2.53. The third kappa shape index (κ3) is 3.75. The molecule has 1 N–H and O–H groups in total. The van der Waals surface area contributed by atoms with Crippen molar-refractivity contribution in [3.8, 4) is 11.5 Å². The van der Waals surface area contributed by atoms with Crippen molar-refractivity contribution in [1.82, 2.24) is 5.32 Å². The Hall–Kier alpha value is -1.22. The highest BCUT2D eigenvalue weighted by Gasteiger charge is 2.38. The minimum atomic E-state index is -0.0415. The molecule has 1 aromatic rings. The number of ether oxygens (including phenoxy) is 2. The van der Waals surface area contributed by atoms with Gasteiger partial charge < -0.3 is 14.8 Å². The van der Waals surface area contributed by atoms with Crippen LogP contribution < -0.4 is 14.8 Å². The summed E-state index contributed by atoms with van der Waals surface area (Å²) in [6, 6.07) is 6.61. The Labute approximate surface area is 135 Å². The zero-order chi connectivity index (χ0) is 16.2. The highest BCUT2D eigenvalue weighted by molar-refractivity contribution is 5.44. The van der Waals surface area contributed by atoms with Crippen LogP contribution in [0.3, 0.4) is 0 Å². The van der Waals surface area contributed by atoms with Crippen LogP contribution in [-0.4, -0.2) is 18.8 Å². The van der Waals surface area contributed by atoms with E-state index in [1.165, 1.54) is 5.56 Å². The van der Waals surface area contributed by atoms with E-state index in [1.54, 1.807) is 0 Å². The normalized spacial score (nSPS) is 19.6. The Bertz CT molecular complexity index is 480. The molecule has 124 valence electrons. The van der Waals surface area contributed by atoms with Gasteiger partial charge in [-0.05, 0) is 43.5 Å². The number of benzene rings is 1. The summed E-state index contributed by atoms with van der Waals surface area (Å²) >= 11 is 0. The van der Waals surface area contributed by atoms with Gasteiger partial charge in [-0.25, -0.2) is 0 Å². The molecule has 22 heavy (non-hydrogen) atoms. The van der Waals surface area contributed by atoms with Gasteiger partial charge in [0, 0.05) is 18.0 Å². The van der Waals surface area contributed by atoms with Crippen molar-refractivity contribution < 1.29 is 9.47 Å². The first-order valence-electron chi connectivity index (χ1n) is 8.72. The highest BCUT2D eigenvalue weighted by atomic mass is 16.5. The molecular weight excluding hydrogens is 274 g/mol. The van der Waals surface area contributed by atoms with E-state index in [-0.39, 0.29) is 5.60 Å². The smallest absolute Gasteiger partial charge is 0.125 e. The van der Waals surface area contributed by atoms with E-state index in [0.717, 1.165) is 43.9 Å². The maximum atomic E-state index is 6.38. The van der Waals surface area contributed by atoms with Gasteiger partial charge in [-0.2, -0.15) is 0 Å². The van der Waals surface area contributed by atoms with Gasteiger partial charge in [0.1, 0.15) is 17.1 Å². The number of hydrogen-bond donors (Lipinski definition) is 1. The lowest BCUT2D eigenvalue weighted by atomic mass is 9.83. The molecular formula is C19H31NO2. The monoisotopic (exact) mass is 305 g/mol. The summed E-state index contributed by atoms with van der Waals surface area (Å²) in [5.41, 5.74) is 1.20. The van der Waals surface area contributed by atoms with Crippen molar-refractivity contribution in [2.45, 2.75) is 65.5 Å². The van der Waals surface area contributed by atoms with Gasteiger partial charge in [-0.3, -0.25) is 0 Å². The van der Waals surface area contributed by atoms with Crippen molar-refractivity contribution in [2.24, 2.45) is 5.92 Å². The van der Waals surface area contributed by atoms with Gasteiger partial charge >= 0.3 is 0 Å². The first-order chi connectivity index (χ1) is 10.5. The fraction of sp³-hybridized carbons (Fsp3) is 0.684. The van der Waals surface area contributed by atoms with E-state index in [0.29, 0.717) is 12.0 Å². The molecule has 3 heteroatoms. The van der Waals surface area contributed by atoms with E-state index in [2.05, 4.69) is 52.1 Å². The first-order valence-corrected chi connectivity index (χ1v) is 8.72. The summed E-state index contributed by atoms with van der Waals surface area (Å²) in [4.78, 5) is 0. The quantitative estimate of drug-likeness (QED) is 0.791. The van der Waals surface area contributed by atoms with Crippen LogP contribution in [0.15, 0.2) is 18.2 Å². The van der Waals surface area contributed by atoms with Crippen molar-refractivity contribution >= 4 is 0 Å². The van der Waals surface area contributed by atoms with Crippen LogP contribution in [0.25, 0.3) is 0 Å². The van der Waals surface area contributed by atoms with Gasteiger partial charge in [-0.15, -0.1) is 0 Å². The topological polar surface area (TPSA) is 30.5 Å². The lowest BCUT2D eigenvalue weighted by molar-refractivity contribution is 0.0229. The number of hydrogen-bond acceptors (Lipinski definition) is 3. The Kier molecular flexibility index (Phi) is 5.74. The van der Waals surface area contributed by atoms with Crippen LogP contribution in [0, 0.1) is 5.92 Å². The van der Waals surface area contributed by atoms with Gasteiger partial charge in [-0.1, -0.05) is 34.6 Å². The number of nitrogens with one attached hydrogen (secondary N) is 1. The zero-order valence-electron chi connectivity index (χ0n) is 14.7. The maximum Gasteiger partial charge on any atom is 0.125 e. The molecule has 1 heterocycles. The molecule has 0 saturated carbocycles. The van der Waals surface area contributed by atoms with Crippen LogP contribution in [0.4, 0.5) is 0 Å². The molecule has 0 aliphatic carbocycles. The van der Waals surface area contributed by atoms with Crippen LogP contribution >= 0.6 is 0 Å². The molecule has 0 aromatic heterocycles. The predicted octanol–water partition coefficient (Wildman–Crippen LogP) is 4.71. The SMILES string of the molecule is CCNC1CC(CC)(CC)Oc2ccc(OCC(C)C)cc21. The van der Waals surface area contributed by atoms with E-state index in [1.807, 2.05) is 6.07 Å². The summed E-state index contributed by atoms with van der Waals surface area (Å²) in [5.74, 6) is 2.49. The minimum absolute atomic E-state index is 0.0415. The third-order valence-electron chi connectivity index (χ3n) is 4.58. The highest BCUT2D eigenvalue weighted by Crippen LogP contribution is 2.44. The molecule has 1 aliphatic rings. The summed E-state index contributed by atoms with van der Waals surface area (Å²) < 4.78 is 12.3. The summed E-state index contributed by atoms with van der Waals surface area (Å²) in [6.45, 7) is 12.6. The van der Waals surface area contributed by atoms with E-state index >= 15 is 0 Å². The minimum Gasteiger partial charge on any atom is -0.493 e. The number of rotatable bonds is 7. The Morgan fingerprint density at radius 1 is 1.27 bits per heavy atom. The maximum absolute atomic E-state index is 6.38. The molecule has 2 rings (SSSR count). The molecule has 0 saturated heterocycles. The number of fused-ring (bicyclic) bond motifs is 1. The molecule has 1 aromatic carbocycles. The van der Waals surface area contributed by atoms with Gasteiger partial charge in [0.15, 0.2) is 0 Å². The third-order valence-corrected chi connectivity index (χ3v) is 4.58. The van der Waals surface area contributed by atoms with E-state index in [4.69, 9.17) is 9.47 Å². The van der Waals surface area contributed by atoms with Crippen molar-refractivity contribution in [1.29, 1.82) is 0 Å². The largest absolute Gasteiger partial charge is 0.493 e. The summed E-state index contributed by atoms with van der Waals surface area (Å²) in [7, 11) is 0. The summed E-state index contributed by atoms with van der Waals surface area (Å²) in [6.07, 6.45) is 3.10. The van der Waals surface area contributed by atoms with Crippen LogP contribution in [0.2, 0.25) is 0 Å². The molecule has 3 nitrogen and oxygen atoms in total. The molecule has 0 bridgehead atoms.